The Morgan fingerprint density at radius 3 is 2.25 bits per heavy atom. The van der Waals surface area contributed by atoms with Gasteiger partial charge < -0.3 is 43.3 Å². The number of nitrogens with zero attached hydrogens (tertiary/aromatic N) is 1. The molecule has 0 aromatic heterocycles. The lowest BCUT2D eigenvalue weighted by atomic mass is 9.68. The lowest BCUT2D eigenvalue weighted by Crippen LogP contribution is -2.65. The zero-order valence-corrected chi connectivity index (χ0v) is 42.3. The van der Waals surface area contributed by atoms with Gasteiger partial charge in [0.05, 0.1) is 24.4 Å². The number of aliphatic hydroxyl groups is 2. The van der Waals surface area contributed by atoms with E-state index in [9.17, 15) is 38.8 Å². The van der Waals surface area contributed by atoms with E-state index in [4.69, 9.17) is 39.2 Å². The zero-order valence-electron chi connectivity index (χ0n) is 41.5. The fourth-order valence-electron chi connectivity index (χ4n) is 11.2. The average Bonchev–Trinajstić information content (AvgIpc) is 3.29. The van der Waals surface area contributed by atoms with Crippen molar-refractivity contribution >= 4 is 36.9 Å². The summed E-state index contributed by atoms with van der Waals surface area (Å²) in [6.45, 7) is 10.7. The van der Waals surface area contributed by atoms with Gasteiger partial charge in [-0.15, -0.1) is 0 Å². The third-order valence-corrected chi connectivity index (χ3v) is 15.8. The van der Waals surface area contributed by atoms with Crippen molar-refractivity contribution in [3.8, 4) is 0 Å². The highest BCUT2D eigenvalue weighted by Crippen LogP contribution is 2.46. The molecule has 1 aliphatic carbocycles. The van der Waals surface area contributed by atoms with Gasteiger partial charge in [0.1, 0.15) is 30.1 Å². The Morgan fingerprint density at radius 2 is 1.59 bits per heavy atom. The van der Waals surface area contributed by atoms with Crippen LogP contribution in [0.1, 0.15) is 112 Å². The summed E-state index contributed by atoms with van der Waals surface area (Å²) < 4.78 is 47.3. The van der Waals surface area contributed by atoms with Crippen LogP contribution in [0.5, 0.6) is 0 Å². The molecule has 4 fully saturated rings. The van der Waals surface area contributed by atoms with Crippen molar-refractivity contribution < 1.29 is 67.0 Å². The topological polar surface area (TPSA) is 254 Å². The number of esters is 1. The van der Waals surface area contributed by atoms with Crippen LogP contribution >= 0.6 is 7.67 Å². The quantitative estimate of drug-likeness (QED) is 0.107. The summed E-state index contributed by atoms with van der Waals surface area (Å²) in [6, 6.07) is -1.18. The molecule has 4 aliphatic heterocycles. The van der Waals surface area contributed by atoms with Gasteiger partial charge in [-0.1, -0.05) is 64.2 Å². The SMILES string of the molecule is CO[C@H]1C[C@@H]2CC[C@@H](C)[C@@](O)(O2)C(=O)C(=O)N2CCC[C@@H]3C(C[C@@H]4CC[C@@H](OP(N)(N)=O)[C@H](OC)C4)C(CC(=O)C(C)/C=C(\C)[C@@H](O)[C@@H](OC)C(=O)[C@H](C)CC(C)/C=C/C=C/C=C/1C)OC(=O)C32. The molecule has 1 amide bonds. The Labute approximate surface area is 402 Å². The van der Waals surface area contributed by atoms with E-state index < -0.39 is 109 Å². The van der Waals surface area contributed by atoms with Crippen molar-refractivity contribution in [1.82, 2.24) is 4.90 Å². The molecule has 68 heavy (non-hydrogen) atoms. The number of ether oxygens (including phenoxy) is 5. The van der Waals surface area contributed by atoms with E-state index in [0.29, 0.717) is 69.8 Å². The van der Waals surface area contributed by atoms with E-state index in [1.807, 2.05) is 44.2 Å². The van der Waals surface area contributed by atoms with Gasteiger partial charge in [0.15, 0.2) is 5.78 Å². The first kappa shape index (κ1) is 55.7. The molecule has 0 spiro atoms. The van der Waals surface area contributed by atoms with Gasteiger partial charge in [0, 0.05) is 64.4 Å². The maximum absolute atomic E-state index is 14.5. The predicted molar refractivity (Wildman–Crippen MR) is 253 cm³/mol. The molecule has 3 saturated heterocycles. The minimum absolute atomic E-state index is 0.00643. The van der Waals surface area contributed by atoms with Gasteiger partial charge in [-0.25, -0.2) is 15.8 Å². The molecule has 0 aromatic rings. The standard InChI is InChI=1S/C50H78N3O14P/c1-28-14-11-10-12-15-29(2)40(62-7)26-35-19-17-33(6)50(60,66-35)47(57)48(58)53-21-13-16-36-37(24-34-18-20-39(42(25-34)63-8)67-68(51,52)61)41(65-49(59)43(36)53)27-38(54)30(3)23-32(5)45(56)46(64-9)44(55)31(4)22-28/h10-12,14-15,23,28,30-31,33-37,39-43,45-46,56,60H,13,16-22,24-27H2,1-9H3,(H4,51,52,61)/b12-10+,14-11+,29-15+,32-23+/t28?,30?,31-,33-,34+,35+,36-,37?,39-,40+,41?,42-,43?,45-,46+,50-/m1/s1. The summed E-state index contributed by atoms with van der Waals surface area (Å²) in [5.74, 6) is -8.97. The molecule has 0 radical (unpaired) electrons. The van der Waals surface area contributed by atoms with E-state index in [1.54, 1.807) is 40.9 Å². The van der Waals surface area contributed by atoms with Crippen molar-refractivity contribution in [2.75, 3.05) is 27.9 Å². The molecule has 4 bridgehead atoms. The molecular weight excluding hydrogens is 898 g/mol. The van der Waals surface area contributed by atoms with E-state index in [2.05, 4.69) is 0 Å². The van der Waals surface area contributed by atoms with Crippen LogP contribution in [0.25, 0.3) is 0 Å². The first-order valence-corrected chi connectivity index (χ1v) is 26.1. The maximum atomic E-state index is 14.5. The number of carbonyl (C=O) groups is 5. The van der Waals surface area contributed by atoms with Gasteiger partial charge in [0.2, 0.25) is 5.79 Å². The van der Waals surface area contributed by atoms with Gasteiger partial charge >= 0.3 is 13.6 Å². The van der Waals surface area contributed by atoms with Crippen LogP contribution in [0.4, 0.5) is 0 Å². The number of ketones is 3. The molecule has 16 atom stereocenters. The third kappa shape index (κ3) is 13.6. The van der Waals surface area contributed by atoms with Crippen LogP contribution in [0.2, 0.25) is 0 Å². The van der Waals surface area contributed by atoms with Crippen molar-refractivity contribution in [3.63, 3.8) is 0 Å². The molecule has 18 heteroatoms. The van der Waals surface area contributed by atoms with Gasteiger partial charge in [-0.3, -0.25) is 23.7 Å². The number of methoxy groups -OCH3 is 3. The summed E-state index contributed by atoms with van der Waals surface area (Å²) >= 11 is 0. The highest BCUT2D eigenvalue weighted by atomic mass is 31.2. The second kappa shape index (κ2) is 24.3. The number of rotatable bonds is 7. The number of hydrogen-bond acceptors (Lipinski definition) is 14. The van der Waals surface area contributed by atoms with Gasteiger partial charge in [-0.2, -0.15) is 0 Å². The molecular formula is C50H78N3O14P. The monoisotopic (exact) mass is 976 g/mol. The van der Waals surface area contributed by atoms with Crippen LogP contribution in [-0.2, 0) is 56.7 Å². The first-order valence-electron chi connectivity index (χ1n) is 24.4. The Morgan fingerprint density at radius 1 is 0.868 bits per heavy atom. The van der Waals surface area contributed by atoms with Crippen LogP contribution in [0.15, 0.2) is 47.6 Å². The Hall–Kier alpha value is -3.22. The number of Topliss-reactive ketones (excluding diaryl/α,β-unsaturated/α-hetero) is 3. The number of allylic oxidation sites excluding steroid dienone is 6. The van der Waals surface area contributed by atoms with E-state index in [-0.39, 0.29) is 36.4 Å². The number of aliphatic hydroxyl groups excluding tert-OH is 1. The Kier molecular flexibility index (Phi) is 19.9. The third-order valence-electron chi connectivity index (χ3n) is 15.2. The number of amides is 1. The molecule has 5 aliphatic rings. The Balaban J connectivity index is 1.51. The molecule has 382 valence electrons. The van der Waals surface area contributed by atoms with Crippen molar-refractivity contribution in [2.24, 2.45) is 52.4 Å². The minimum atomic E-state index is -3.82. The zero-order chi connectivity index (χ0) is 50.2. The van der Waals surface area contributed by atoms with Crippen LogP contribution in [-0.4, -0.2) is 127 Å². The van der Waals surface area contributed by atoms with E-state index in [0.717, 1.165) is 5.57 Å². The fraction of sp³-hybridized carbons (Fsp3) is 0.740. The second-order valence-electron chi connectivity index (χ2n) is 20.2. The molecule has 17 nitrogen and oxygen atoms in total. The molecule has 5 unspecified atom stereocenters. The summed E-state index contributed by atoms with van der Waals surface area (Å²) in [6.07, 6.45) is 9.83. The smallest absolute Gasteiger partial charge is 0.335 e. The highest BCUT2D eigenvalue weighted by molar-refractivity contribution is 7.53. The number of hydrogen-bond donors (Lipinski definition) is 4. The van der Waals surface area contributed by atoms with Gasteiger partial charge in [-0.05, 0) is 101 Å². The van der Waals surface area contributed by atoms with Crippen LogP contribution < -0.4 is 11.0 Å². The molecule has 6 N–H and O–H groups in total. The lowest BCUT2D eigenvalue weighted by molar-refractivity contribution is -0.266. The number of piperidine rings is 1. The van der Waals surface area contributed by atoms with Crippen LogP contribution in [0.3, 0.4) is 0 Å². The average molecular weight is 976 g/mol. The fourth-order valence-corrected chi connectivity index (χ4v) is 11.9. The van der Waals surface area contributed by atoms with Crippen molar-refractivity contribution in [1.29, 1.82) is 0 Å². The lowest BCUT2D eigenvalue weighted by Gasteiger charge is -2.50. The maximum Gasteiger partial charge on any atom is 0.335 e. The highest BCUT2D eigenvalue weighted by Gasteiger charge is 2.57. The largest absolute Gasteiger partial charge is 0.460 e. The first-order chi connectivity index (χ1) is 32.0. The summed E-state index contributed by atoms with van der Waals surface area (Å²) in [7, 11) is 0.626. The van der Waals surface area contributed by atoms with Crippen molar-refractivity contribution in [3.05, 3.63) is 47.6 Å². The van der Waals surface area contributed by atoms with E-state index in [1.165, 1.54) is 19.1 Å². The molecule has 4 heterocycles. The number of nitrogens with two attached hydrogens (primary N) is 2. The minimum Gasteiger partial charge on any atom is -0.460 e. The second-order valence-corrected chi connectivity index (χ2v) is 21.7. The Bertz CT molecular complexity index is 1980. The predicted octanol–water partition coefficient (Wildman–Crippen LogP) is 5.45. The molecule has 5 rings (SSSR count). The van der Waals surface area contributed by atoms with Crippen LogP contribution in [0, 0.1) is 41.4 Å². The van der Waals surface area contributed by atoms with E-state index >= 15 is 0 Å². The molecule has 0 aromatic carbocycles. The summed E-state index contributed by atoms with van der Waals surface area (Å²) in [5.41, 5.74) is 12.4. The molecule has 1 saturated carbocycles. The summed E-state index contributed by atoms with van der Waals surface area (Å²) in [5, 5.41) is 23.5. The summed E-state index contributed by atoms with van der Waals surface area (Å²) in [4.78, 5) is 72.4. The normalized spacial score (nSPS) is 41.6. The van der Waals surface area contributed by atoms with Gasteiger partial charge in [0.25, 0.3) is 11.7 Å². The van der Waals surface area contributed by atoms with Crippen molar-refractivity contribution in [2.45, 2.75) is 167 Å². The number of carbonyl (C=O) groups excluding carboxylic acids is 5. The number of fused-ring (bicyclic) bond motifs is 4.